The Hall–Kier alpha value is -1.30. The van der Waals surface area contributed by atoms with Crippen LogP contribution >= 0.6 is 0 Å². The molecule has 6 nitrogen and oxygen atoms in total. The molecule has 0 aromatic carbocycles. The summed E-state index contributed by atoms with van der Waals surface area (Å²) in [6, 6.07) is -0.307. The summed E-state index contributed by atoms with van der Waals surface area (Å²) in [4.78, 5) is 22.6. The van der Waals surface area contributed by atoms with Crippen molar-refractivity contribution in [1.29, 1.82) is 0 Å². The van der Waals surface area contributed by atoms with Crippen LogP contribution in [0.1, 0.15) is 39.5 Å². The van der Waals surface area contributed by atoms with Gasteiger partial charge in [-0.1, -0.05) is 13.8 Å². The minimum atomic E-state index is -0.863. The fourth-order valence-corrected chi connectivity index (χ4v) is 2.34. The van der Waals surface area contributed by atoms with Crippen LogP contribution in [0.5, 0.6) is 0 Å². The van der Waals surface area contributed by atoms with Gasteiger partial charge in [0.1, 0.15) is 0 Å². The third kappa shape index (κ3) is 6.75. The van der Waals surface area contributed by atoms with Gasteiger partial charge in [0, 0.05) is 19.7 Å². The van der Waals surface area contributed by atoms with Gasteiger partial charge in [0.2, 0.25) is 0 Å². The molecule has 0 saturated carbocycles. The second kappa shape index (κ2) is 8.79. The van der Waals surface area contributed by atoms with Crippen molar-refractivity contribution < 1.29 is 19.4 Å². The maximum atomic E-state index is 11.6. The molecule has 2 unspecified atom stereocenters. The van der Waals surface area contributed by atoms with E-state index in [1.807, 2.05) is 13.8 Å². The van der Waals surface area contributed by atoms with Gasteiger partial charge in [-0.3, -0.25) is 4.79 Å². The van der Waals surface area contributed by atoms with Gasteiger partial charge in [0.15, 0.2) is 0 Å². The van der Waals surface area contributed by atoms with Crippen LogP contribution < -0.4 is 10.6 Å². The van der Waals surface area contributed by atoms with Crippen LogP contribution in [0.3, 0.4) is 0 Å². The molecule has 2 atom stereocenters. The van der Waals surface area contributed by atoms with E-state index in [1.54, 1.807) is 0 Å². The quantitative estimate of drug-likeness (QED) is 0.632. The van der Waals surface area contributed by atoms with Crippen LogP contribution in [0.25, 0.3) is 0 Å². The van der Waals surface area contributed by atoms with Crippen molar-refractivity contribution in [1.82, 2.24) is 10.6 Å². The molecule has 0 aliphatic carbocycles. The van der Waals surface area contributed by atoms with E-state index in [0.29, 0.717) is 18.9 Å². The first-order chi connectivity index (χ1) is 9.49. The molecule has 1 aliphatic heterocycles. The Balaban J connectivity index is 2.15. The SMILES string of the molecule is CC(C)CC(CNC(=O)NCCC1CCCO1)C(=O)O. The lowest BCUT2D eigenvalue weighted by molar-refractivity contribution is -0.142. The summed E-state index contributed by atoms with van der Waals surface area (Å²) >= 11 is 0. The largest absolute Gasteiger partial charge is 0.481 e. The molecule has 116 valence electrons. The van der Waals surface area contributed by atoms with E-state index in [4.69, 9.17) is 9.84 Å². The lowest BCUT2D eigenvalue weighted by Crippen LogP contribution is -2.41. The zero-order chi connectivity index (χ0) is 15.0. The number of amides is 2. The summed E-state index contributed by atoms with van der Waals surface area (Å²) in [7, 11) is 0. The summed E-state index contributed by atoms with van der Waals surface area (Å²) in [6.45, 7) is 5.47. The predicted molar refractivity (Wildman–Crippen MR) is 75.6 cm³/mol. The van der Waals surface area contributed by atoms with Crippen LogP contribution in [0, 0.1) is 11.8 Å². The number of carbonyl (C=O) groups is 2. The summed E-state index contributed by atoms with van der Waals surface area (Å²) in [5, 5.41) is 14.4. The first kappa shape index (κ1) is 16.8. The number of carboxylic acids is 1. The number of carbonyl (C=O) groups excluding carboxylic acids is 1. The number of carboxylic acid groups (broad SMARTS) is 1. The van der Waals surface area contributed by atoms with Crippen molar-refractivity contribution in [2.45, 2.75) is 45.6 Å². The van der Waals surface area contributed by atoms with E-state index >= 15 is 0 Å². The van der Waals surface area contributed by atoms with Gasteiger partial charge >= 0.3 is 12.0 Å². The molecular weight excluding hydrogens is 260 g/mol. The Morgan fingerprint density at radius 1 is 1.35 bits per heavy atom. The van der Waals surface area contributed by atoms with Crippen molar-refractivity contribution in [3.8, 4) is 0 Å². The number of nitrogens with one attached hydrogen (secondary N) is 2. The molecule has 1 heterocycles. The standard InChI is InChI=1S/C14H26N2O4/c1-10(2)8-11(13(17)18)9-16-14(19)15-6-5-12-4-3-7-20-12/h10-12H,3-9H2,1-2H3,(H,17,18)(H2,15,16,19). The molecule has 1 saturated heterocycles. The molecule has 0 aromatic heterocycles. The average molecular weight is 286 g/mol. The van der Waals surface area contributed by atoms with Crippen LogP contribution in [-0.4, -0.2) is 42.9 Å². The highest BCUT2D eigenvalue weighted by atomic mass is 16.5. The van der Waals surface area contributed by atoms with Gasteiger partial charge < -0.3 is 20.5 Å². The monoisotopic (exact) mass is 286 g/mol. The highest BCUT2D eigenvalue weighted by Gasteiger charge is 2.20. The maximum Gasteiger partial charge on any atom is 0.314 e. The van der Waals surface area contributed by atoms with Gasteiger partial charge in [0.25, 0.3) is 0 Å². The Morgan fingerprint density at radius 2 is 2.10 bits per heavy atom. The molecular formula is C14H26N2O4. The Morgan fingerprint density at radius 3 is 2.65 bits per heavy atom. The van der Waals surface area contributed by atoms with E-state index in [0.717, 1.165) is 25.9 Å². The van der Waals surface area contributed by atoms with Crippen molar-refractivity contribution in [2.24, 2.45) is 11.8 Å². The fourth-order valence-electron chi connectivity index (χ4n) is 2.34. The fraction of sp³-hybridized carbons (Fsp3) is 0.857. The number of aliphatic carboxylic acids is 1. The Labute approximate surface area is 120 Å². The first-order valence-corrected chi connectivity index (χ1v) is 7.35. The summed E-state index contributed by atoms with van der Waals surface area (Å²) in [6.07, 6.45) is 3.77. The summed E-state index contributed by atoms with van der Waals surface area (Å²) < 4.78 is 5.46. The van der Waals surface area contributed by atoms with Crippen LogP contribution in [-0.2, 0) is 9.53 Å². The van der Waals surface area contributed by atoms with Crippen LogP contribution in [0.15, 0.2) is 0 Å². The number of hydrogen-bond acceptors (Lipinski definition) is 3. The smallest absolute Gasteiger partial charge is 0.314 e. The Bertz CT molecular complexity index is 314. The molecule has 20 heavy (non-hydrogen) atoms. The van der Waals surface area contributed by atoms with E-state index in [2.05, 4.69) is 10.6 Å². The van der Waals surface area contributed by atoms with Gasteiger partial charge in [-0.05, 0) is 31.6 Å². The lowest BCUT2D eigenvalue weighted by atomic mass is 9.97. The minimum Gasteiger partial charge on any atom is -0.481 e. The van der Waals surface area contributed by atoms with Crippen molar-refractivity contribution in [2.75, 3.05) is 19.7 Å². The third-order valence-electron chi connectivity index (χ3n) is 3.39. The molecule has 3 N–H and O–H groups in total. The van der Waals surface area contributed by atoms with E-state index in [1.165, 1.54) is 0 Å². The topological polar surface area (TPSA) is 87.7 Å². The Kier molecular flexibility index (Phi) is 7.36. The molecule has 6 heteroatoms. The minimum absolute atomic E-state index is 0.166. The summed E-state index contributed by atoms with van der Waals surface area (Å²) in [5.74, 6) is -1.10. The van der Waals surface area contributed by atoms with Gasteiger partial charge in [-0.25, -0.2) is 4.79 Å². The van der Waals surface area contributed by atoms with Gasteiger partial charge in [-0.15, -0.1) is 0 Å². The number of rotatable bonds is 8. The molecule has 1 fully saturated rings. The zero-order valence-electron chi connectivity index (χ0n) is 12.4. The average Bonchev–Trinajstić information content (AvgIpc) is 2.86. The molecule has 0 radical (unpaired) electrons. The van der Waals surface area contributed by atoms with E-state index < -0.39 is 11.9 Å². The maximum absolute atomic E-state index is 11.6. The molecule has 0 bridgehead atoms. The molecule has 0 spiro atoms. The lowest BCUT2D eigenvalue weighted by Gasteiger charge is -2.16. The second-order valence-corrected chi connectivity index (χ2v) is 5.73. The van der Waals surface area contributed by atoms with Crippen molar-refractivity contribution in [3.05, 3.63) is 0 Å². The number of urea groups is 1. The number of hydrogen-bond donors (Lipinski definition) is 3. The highest BCUT2D eigenvalue weighted by molar-refractivity contribution is 5.75. The van der Waals surface area contributed by atoms with Crippen molar-refractivity contribution in [3.63, 3.8) is 0 Å². The predicted octanol–water partition coefficient (Wildman–Crippen LogP) is 1.60. The molecule has 0 aromatic rings. The highest BCUT2D eigenvalue weighted by Crippen LogP contribution is 2.14. The van der Waals surface area contributed by atoms with E-state index in [9.17, 15) is 9.59 Å². The second-order valence-electron chi connectivity index (χ2n) is 5.73. The van der Waals surface area contributed by atoms with Gasteiger partial charge in [-0.2, -0.15) is 0 Å². The van der Waals surface area contributed by atoms with Crippen LogP contribution in [0.2, 0.25) is 0 Å². The normalized spacial score (nSPS) is 19.9. The molecule has 1 aliphatic rings. The van der Waals surface area contributed by atoms with Gasteiger partial charge in [0.05, 0.1) is 12.0 Å². The van der Waals surface area contributed by atoms with Crippen molar-refractivity contribution >= 4 is 12.0 Å². The molecule has 2 amide bonds. The third-order valence-corrected chi connectivity index (χ3v) is 3.39. The van der Waals surface area contributed by atoms with E-state index in [-0.39, 0.29) is 18.7 Å². The zero-order valence-corrected chi connectivity index (χ0v) is 12.4. The first-order valence-electron chi connectivity index (χ1n) is 7.35. The summed E-state index contributed by atoms with van der Waals surface area (Å²) in [5.41, 5.74) is 0. The van der Waals surface area contributed by atoms with Crippen LogP contribution in [0.4, 0.5) is 4.79 Å². The molecule has 1 rings (SSSR count). The number of ether oxygens (including phenoxy) is 1.